The number of amides is 2. The Bertz CT molecular complexity index is 321. The largest absolute Gasteiger partial charge is 0.380 e. The summed E-state index contributed by atoms with van der Waals surface area (Å²) in [4.78, 5) is 22.4. The monoisotopic (exact) mass is 242 g/mol. The normalized spacial score (nSPS) is 13.2. The van der Waals surface area contributed by atoms with Crippen molar-refractivity contribution in [1.82, 2.24) is 10.6 Å². The zero-order chi connectivity index (χ0) is 13.4. The Labute approximate surface area is 100 Å². The molecule has 0 aliphatic carbocycles. The van der Waals surface area contributed by atoms with Crippen molar-refractivity contribution in [2.45, 2.75) is 26.1 Å². The summed E-state index contributed by atoms with van der Waals surface area (Å²) in [5.41, 5.74) is 1.00. The standard InChI is InChI=1S/C11H18N2O4/c1-4-12-10(16)8(14)9(15)11(17)13-6-5-7(2)3/h4-5,8-9,14-15H,1,6H2,2-3H3,(H,12,16)(H,13,17). The predicted octanol–water partition coefficient (Wildman–Crippen LogP) is -0.950. The van der Waals surface area contributed by atoms with Crippen molar-refractivity contribution in [3.63, 3.8) is 0 Å². The molecule has 0 fully saturated rings. The number of aliphatic hydroxyl groups excluding tert-OH is 2. The highest BCUT2D eigenvalue weighted by Gasteiger charge is 2.29. The number of aliphatic hydroxyl groups is 2. The molecular formula is C11H18N2O4. The molecule has 0 aliphatic heterocycles. The van der Waals surface area contributed by atoms with Gasteiger partial charge in [0.15, 0.2) is 12.2 Å². The third-order valence-electron chi connectivity index (χ3n) is 1.87. The zero-order valence-electron chi connectivity index (χ0n) is 9.93. The Morgan fingerprint density at radius 1 is 1.24 bits per heavy atom. The number of hydrogen-bond acceptors (Lipinski definition) is 4. The molecule has 0 aromatic carbocycles. The molecule has 4 N–H and O–H groups in total. The van der Waals surface area contributed by atoms with Crippen LogP contribution in [-0.2, 0) is 9.59 Å². The minimum Gasteiger partial charge on any atom is -0.380 e. The van der Waals surface area contributed by atoms with Gasteiger partial charge in [0.05, 0.1) is 0 Å². The van der Waals surface area contributed by atoms with Gasteiger partial charge in [0.1, 0.15) is 0 Å². The highest BCUT2D eigenvalue weighted by atomic mass is 16.3. The van der Waals surface area contributed by atoms with E-state index in [-0.39, 0.29) is 6.54 Å². The topological polar surface area (TPSA) is 98.7 Å². The van der Waals surface area contributed by atoms with Crippen LogP contribution in [-0.4, -0.2) is 40.8 Å². The molecule has 2 unspecified atom stereocenters. The minimum absolute atomic E-state index is 0.230. The number of hydrogen-bond donors (Lipinski definition) is 4. The molecule has 2 atom stereocenters. The molecule has 0 aromatic heterocycles. The van der Waals surface area contributed by atoms with Gasteiger partial charge in [0, 0.05) is 6.54 Å². The fourth-order valence-corrected chi connectivity index (χ4v) is 0.933. The van der Waals surface area contributed by atoms with Gasteiger partial charge in [-0.25, -0.2) is 0 Å². The Hall–Kier alpha value is -1.66. The van der Waals surface area contributed by atoms with Crippen LogP contribution in [0.3, 0.4) is 0 Å². The number of nitrogens with one attached hydrogen (secondary N) is 2. The maximum Gasteiger partial charge on any atom is 0.256 e. The van der Waals surface area contributed by atoms with Gasteiger partial charge >= 0.3 is 0 Å². The van der Waals surface area contributed by atoms with Gasteiger partial charge in [-0.3, -0.25) is 9.59 Å². The highest BCUT2D eigenvalue weighted by Crippen LogP contribution is 1.95. The van der Waals surface area contributed by atoms with Crippen LogP contribution in [0.2, 0.25) is 0 Å². The summed E-state index contributed by atoms with van der Waals surface area (Å²) < 4.78 is 0. The van der Waals surface area contributed by atoms with E-state index in [1.165, 1.54) is 0 Å². The van der Waals surface area contributed by atoms with Crippen LogP contribution in [0.15, 0.2) is 24.4 Å². The molecule has 96 valence electrons. The molecule has 0 aliphatic rings. The first-order valence-electron chi connectivity index (χ1n) is 5.08. The Balaban J connectivity index is 4.24. The van der Waals surface area contributed by atoms with E-state index in [9.17, 15) is 19.8 Å². The lowest BCUT2D eigenvalue weighted by Crippen LogP contribution is -2.48. The van der Waals surface area contributed by atoms with Gasteiger partial charge in [-0.2, -0.15) is 0 Å². The lowest BCUT2D eigenvalue weighted by atomic mass is 10.2. The Morgan fingerprint density at radius 3 is 2.24 bits per heavy atom. The molecule has 0 bridgehead atoms. The van der Waals surface area contributed by atoms with Crippen LogP contribution < -0.4 is 10.6 Å². The predicted molar refractivity (Wildman–Crippen MR) is 62.8 cm³/mol. The summed E-state index contributed by atoms with van der Waals surface area (Å²) in [6.07, 6.45) is -0.833. The molecule has 0 heterocycles. The van der Waals surface area contributed by atoms with Crippen molar-refractivity contribution < 1.29 is 19.8 Å². The fourth-order valence-electron chi connectivity index (χ4n) is 0.933. The summed E-state index contributed by atoms with van der Waals surface area (Å²) in [5, 5.41) is 23.1. The molecule has 0 saturated heterocycles. The van der Waals surface area contributed by atoms with Gasteiger partial charge < -0.3 is 20.8 Å². The second kappa shape index (κ2) is 7.59. The highest BCUT2D eigenvalue weighted by molar-refractivity contribution is 5.91. The average Bonchev–Trinajstić information content (AvgIpc) is 2.26. The van der Waals surface area contributed by atoms with E-state index in [0.717, 1.165) is 11.8 Å². The molecule has 6 nitrogen and oxygen atoms in total. The first-order chi connectivity index (χ1) is 7.90. The molecule has 0 aromatic rings. The van der Waals surface area contributed by atoms with Gasteiger partial charge in [-0.15, -0.1) is 0 Å². The van der Waals surface area contributed by atoms with E-state index in [1.807, 2.05) is 13.8 Å². The van der Waals surface area contributed by atoms with E-state index in [2.05, 4.69) is 17.2 Å². The third-order valence-corrected chi connectivity index (χ3v) is 1.87. The average molecular weight is 242 g/mol. The molecule has 17 heavy (non-hydrogen) atoms. The van der Waals surface area contributed by atoms with Crippen molar-refractivity contribution >= 4 is 11.8 Å². The van der Waals surface area contributed by atoms with Crippen molar-refractivity contribution in [3.05, 3.63) is 24.4 Å². The quantitative estimate of drug-likeness (QED) is 0.451. The third kappa shape index (κ3) is 5.84. The molecule has 0 spiro atoms. The smallest absolute Gasteiger partial charge is 0.256 e. The molecule has 0 saturated carbocycles. The van der Waals surface area contributed by atoms with Gasteiger partial charge in [0.25, 0.3) is 11.8 Å². The molecule has 6 heteroatoms. The number of carbonyl (C=O) groups excluding carboxylic acids is 2. The van der Waals surface area contributed by atoms with Gasteiger partial charge in [-0.05, 0) is 20.0 Å². The van der Waals surface area contributed by atoms with E-state index in [0.29, 0.717) is 0 Å². The Kier molecular flexibility index (Phi) is 6.85. The van der Waals surface area contributed by atoms with Crippen molar-refractivity contribution in [3.8, 4) is 0 Å². The van der Waals surface area contributed by atoms with Crippen molar-refractivity contribution in [2.24, 2.45) is 0 Å². The number of rotatable bonds is 6. The maximum absolute atomic E-state index is 11.3. The number of carbonyl (C=O) groups is 2. The van der Waals surface area contributed by atoms with E-state index in [1.54, 1.807) is 6.08 Å². The van der Waals surface area contributed by atoms with Crippen molar-refractivity contribution in [1.29, 1.82) is 0 Å². The van der Waals surface area contributed by atoms with Crippen LogP contribution in [0.1, 0.15) is 13.8 Å². The Morgan fingerprint density at radius 2 is 1.76 bits per heavy atom. The summed E-state index contributed by atoms with van der Waals surface area (Å²) >= 11 is 0. The lowest BCUT2D eigenvalue weighted by molar-refractivity contribution is -0.145. The fraction of sp³-hybridized carbons (Fsp3) is 0.455. The van der Waals surface area contributed by atoms with E-state index < -0.39 is 24.0 Å². The van der Waals surface area contributed by atoms with E-state index >= 15 is 0 Å². The summed E-state index contributed by atoms with van der Waals surface area (Å²) in [5.74, 6) is -1.70. The summed E-state index contributed by atoms with van der Waals surface area (Å²) in [6.45, 7) is 7.17. The van der Waals surface area contributed by atoms with Crippen LogP contribution in [0.5, 0.6) is 0 Å². The van der Waals surface area contributed by atoms with Crippen LogP contribution >= 0.6 is 0 Å². The summed E-state index contributed by atoms with van der Waals surface area (Å²) in [7, 11) is 0. The van der Waals surface area contributed by atoms with Gasteiger partial charge in [-0.1, -0.05) is 18.2 Å². The molecule has 0 rings (SSSR count). The van der Waals surface area contributed by atoms with Crippen LogP contribution in [0.25, 0.3) is 0 Å². The first kappa shape index (κ1) is 15.3. The van der Waals surface area contributed by atoms with Crippen molar-refractivity contribution in [2.75, 3.05) is 6.54 Å². The second-order valence-corrected chi connectivity index (χ2v) is 3.63. The zero-order valence-corrected chi connectivity index (χ0v) is 9.93. The van der Waals surface area contributed by atoms with Crippen LogP contribution in [0.4, 0.5) is 0 Å². The van der Waals surface area contributed by atoms with Gasteiger partial charge in [0.2, 0.25) is 0 Å². The van der Waals surface area contributed by atoms with E-state index in [4.69, 9.17) is 0 Å². The number of allylic oxidation sites excluding steroid dienone is 1. The lowest BCUT2D eigenvalue weighted by Gasteiger charge is -2.15. The SMILES string of the molecule is C=CNC(=O)C(O)C(O)C(=O)NCC=C(C)C. The van der Waals surface area contributed by atoms with Crippen LogP contribution in [0, 0.1) is 0 Å². The molecular weight excluding hydrogens is 224 g/mol. The minimum atomic E-state index is -1.82. The first-order valence-corrected chi connectivity index (χ1v) is 5.08. The summed E-state index contributed by atoms with van der Waals surface area (Å²) in [6, 6.07) is 0. The molecule has 2 amide bonds. The second-order valence-electron chi connectivity index (χ2n) is 3.63. The maximum atomic E-state index is 11.3. The molecule has 0 radical (unpaired) electrons.